The monoisotopic (exact) mass is 667 g/mol. The van der Waals surface area contributed by atoms with Crippen molar-refractivity contribution in [2.45, 2.75) is 19.3 Å². The third kappa shape index (κ3) is 4.08. The van der Waals surface area contributed by atoms with E-state index in [4.69, 9.17) is 9.15 Å². The summed E-state index contributed by atoms with van der Waals surface area (Å²) in [6.07, 6.45) is 0. The number of fused-ring (bicyclic) bond motifs is 8. The Bertz CT molecular complexity index is 2920. The molecule has 3 nitrogen and oxygen atoms in total. The molecule has 246 valence electrons. The molecule has 1 aliphatic carbocycles. The number of nitrogens with zero attached hydrogens (tertiary/aromatic N) is 1. The summed E-state index contributed by atoms with van der Waals surface area (Å²) in [6.45, 7) is 4.72. The number of benzene rings is 8. The minimum absolute atomic E-state index is 0.210. The zero-order valence-corrected chi connectivity index (χ0v) is 28.9. The summed E-state index contributed by atoms with van der Waals surface area (Å²) in [5.74, 6) is 1.75. The predicted octanol–water partition coefficient (Wildman–Crippen LogP) is 14.0. The maximum atomic E-state index is 6.77. The van der Waals surface area contributed by atoms with Gasteiger partial charge in [-0.2, -0.15) is 0 Å². The van der Waals surface area contributed by atoms with Crippen molar-refractivity contribution in [2.75, 3.05) is 4.90 Å². The van der Waals surface area contributed by atoms with Crippen LogP contribution in [0.1, 0.15) is 25.0 Å². The Hall–Kier alpha value is -6.58. The molecule has 2 aliphatic rings. The van der Waals surface area contributed by atoms with Crippen LogP contribution in [0.3, 0.4) is 0 Å². The van der Waals surface area contributed by atoms with Crippen LogP contribution in [-0.2, 0) is 5.41 Å². The fraction of sp³-hybridized carbons (Fsp3) is 0.0612. The Balaban J connectivity index is 1.17. The third-order valence-electron chi connectivity index (χ3n) is 11.2. The van der Waals surface area contributed by atoms with Crippen molar-refractivity contribution in [1.82, 2.24) is 0 Å². The van der Waals surface area contributed by atoms with E-state index in [-0.39, 0.29) is 5.41 Å². The van der Waals surface area contributed by atoms with Crippen LogP contribution >= 0.6 is 0 Å². The van der Waals surface area contributed by atoms with Gasteiger partial charge in [0.15, 0.2) is 0 Å². The van der Waals surface area contributed by atoms with Crippen molar-refractivity contribution in [1.29, 1.82) is 0 Å². The van der Waals surface area contributed by atoms with Crippen molar-refractivity contribution >= 4 is 49.8 Å². The number of para-hydroxylation sites is 1. The SMILES string of the molecule is CC1(C)c2ccccc2-c2cccc(N(c3ccc4oc5ccccc5c4c3)c3ccc4c5c(cccc35)-c3ccc(-c5ccccc5)cc3O4)c21. The van der Waals surface area contributed by atoms with Crippen LogP contribution in [-0.4, -0.2) is 0 Å². The highest BCUT2D eigenvalue weighted by molar-refractivity contribution is 6.12. The smallest absolute Gasteiger partial charge is 0.136 e. The highest BCUT2D eigenvalue weighted by Crippen LogP contribution is 2.56. The minimum Gasteiger partial charge on any atom is -0.456 e. The van der Waals surface area contributed by atoms with E-state index in [1.165, 1.54) is 33.4 Å². The van der Waals surface area contributed by atoms with Gasteiger partial charge < -0.3 is 14.1 Å². The van der Waals surface area contributed by atoms with E-state index < -0.39 is 0 Å². The maximum Gasteiger partial charge on any atom is 0.136 e. The van der Waals surface area contributed by atoms with Gasteiger partial charge in [0.05, 0.1) is 11.4 Å². The third-order valence-corrected chi connectivity index (χ3v) is 11.2. The molecule has 0 fully saturated rings. The van der Waals surface area contributed by atoms with Crippen molar-refractivity contribution in [3.63, 3.8) is 0 Å². The standard InChI is InChI=1S/C49H33NO2/c1-49(2)40-19-8-6-14-33(40)37-17-11-20-42(48(37)49)50(32-23-26-44-39(29-32)34-15-7-9-21-43(34)51-44)41-25-27-45-47-36(16-10-18-38(41)47)35-24-22-31(28-46(35)52-45)30-12-4-3-5-13-30/h3-29H,1-2H3. The zero-order chi connectivity index (χ0) is 34.6. The molecule has 0 unspecified atom stereocenters. The lowest BCUT2D eigenvalue weighted by Gasteiger charge is -2.33. The number of rotatable bonds is 4. The Labute approximate surface area is 302 Å². The van der Waals surface area contributed by atoms with Crippen LogP contribution in [0, 0.1) is 0 Å². The zero-order valence-electron chi connectivity index (χ0n) is 28.9. The van der Waals surface area contributed by atoms with Gasteiger partial charge >= 0.3 is 0 Å². The first kappa shape index (κ1) is 29.2. The van der Waals surface area contributed by atoms with Gasteiger partial charge in [-0.1, -0.05) is 123 Å². The minimum atomic E-state index is -0.210. The molecule has 11 rings (SSSR count). The van der Waals surface area contributed by atoms with Crippen LogP contribution in [0.4, 0.5) is 17.1 Å². The highest BCUT2D eigenvalue weighted by atomic mass is 16.5. The summed E-state index contributed by atoms with van der Waals surface area (Å²) >= 11 is 0. The molecular formula is C49H33NO2. The second kappa shape index (κ2) is 10.7. The van der Waals surface area contributed by atoms with E-state index >= 15 is 0 Å². The van der Waals surface area contributed by atoms with Gasteiger partial charge in [-0.05, 0) is 93.5 Å². The molecule has 0 radical (unpaired) electrons. The molecule has 0 bridgehead atoms. The molecule has 0 saturated heterocycles. The van der Waals surface area contributed by atoms with E-state index in [1.807, 2.05) is 12.1 Å². The van der Waals surface area contributed by atoms with Gasteiger partial charge in [-0.15, -0.1) is 0 Å². The molecule has 52 heavy (non-hydrogen) atoms. The molecule has 9 aromatic rings. The van der Waals surface area contributed by atoms with E-state index in [9.17, 15) is 0 Å². The quantitative estimate of drug-likeness (QED) is 0.187. The van der Waals surface area contributed by atoms with Gasteiger partial charge in [0, 0.05) is 38.2 Å². The molecule has 2 heterocycles. The molecule has 0 spiro atoms. The van der Waals surface area contributed by atoms with Gasteiger partial charge in [0.1, 0.15) is 22.7 Å². The fourth-order valence-corrected chi connectivity index (χ4v) is 8.89. The van der Waals surface area contributed by atoms with Crippen molar-refractivity contribution < 1.29 is 9.15 Å². The molecule has 3 heteroatoms. The van der Waals surface area contributed by atoms with Gasteiger partial charge in [0.2, 0.25) is 0 Å². The second-order valence-corrected chi connectivity index (χ2v) is 14.5. The van der Waals surface area contributed by atoms with Crippen LogP contribution in [0.2, 0.25) is 0 Å². The van der Waals surface area contributed by atoms with Crippen molar-refractivity contribution in [3.8, 4) is 44.9 Å². The molecular weight excluding hydrogens is 635 g/mol. The van der Waals surface area contributed by atoms with Crippen LogP contribution in [0.5, 0.6) is 11.5 Å². The van der Waals surface area contributed by atoms with Gasteiger partial charge in [-0.3, -0.25) is 0 Å². The second-order valence-electron chi connectivity index (χ2n) is 14.5. The lowest BCUT2D eigenvalue weighted by molar-refractivity contribution is 0.487. The molecule has 0 amide bonds. The maximum absolute atomic E-state index is 6.77. The number of furan rings is 1. The molecule has 0 atom stereocenters. The van der Waals surface area contributed by atoms with E-state index in [0.29, 0.717) is 0 Å². The topological polar surface area (TPSA) is 25.6 Å². The highest BCUT2D eigenvalue weighted by Gasteiger charge is 2.39. The lowest BCUT2D eigenvalue weighted by Crippen LogP contribution is -2.21. The summed E-state index contributed by atoms with van der Waals surface area (Å²) in [6, 6.07) is 58.7. The first-order valence-electron chi connectivity index (χ1n) is 17.9. The Morgan fingerprint density at radius 1 is 0.462 bits per heavy atom. The van der Waals surface area contributed by atoms with E-state index in [2.05, 4.69) is 170 Å². The summed E-state index contributed by atoms with van der Waals surface area (Å²) in [5, 5.41) is 4.47. The largest absolute Gasteiger partial charge is 0.456 e. The van der Waals surface area contributed by atoms with E-state index in [1.54, 1.807) is 0 Å². The molecule has 0 N–H and O–H groups in total. The normalized spacial score (nSPS) is 13.5. The first-order chi connectivity index (χ1) is 25.5. The number of hydrogen-bond acceptors (Lipinski definition) is 3. The van der Waals surface area contributed by atoms with Crippen LogP contribution < -0.4 is 9.64 Å². The Morgan fingerprint density at radius 3 is 2.13 bits per heavy atom. The molecule has 8 aromatic carbocycles. The first-order valence-corrected chi connectivity index (χ1v) is 17.9. The lowest BCUT2D eigenvalue weighted by atomic mass is 9.81. The summed E-state index contributed by atoms with van der Waals surface area (Å²) in [7, 11) is 0. The fourth-order valence-electron chi connectivity index (χ4n) is 8.89. The molecule has 1 aliphatic heterocycles. The van der Waals surface area contributed by atoms with Crippen LogP contribution in [0.25, 0.3) is 66.1 Å². The molecule has 1 aromatic heterocycles. The average Bonchev–Trinajstić information content (AvgIpc) is 3.68. The Kier molecular flexibility index (Phi) is 6.01. The summed E-state index contributed by atoms with van der Waals surface area (Å²) < 4.78 is 13.1. The Morgan fingerprint density at radius 2 is 1.21 bits per heavy atom. The van der Waals surface area contributed by atoms with Crippen molar-refractivity contribution in [2.24, 2.45) is 0 Å². The number of anilines is 3. The van der Waals surface area contributed by atoms with Gasteiger partial charge in [0.25, 0.3) is 0 Å². The average molecular weight is 668 g/mol. The number of ether oxygens (including phenoxy) is 1. The summed E-state index contributed by atoms with van der Waals surface area (Å²) in [5.41, 5.74) is 14.8. The van der Waals surface area contributed by atoms with E-state index in [0.717, 1.165) is 72.4 Å². The predicted molar refractivity (Wildman–Crippen MR) is 214 cm³/mol. The van der Waals surface area contributed by atoms with Crippen LogP contribution in [0.15, 0.2) is 168 Å². The van der Waals surface area contributed by atoms with Gasteiger partial charge in [-0.25, -0.2) is 0 Å². The summed E-state index contributed by atoms with van der Waals surface area (Å²) in [4.78, 5) is 2.46. The van der Waals surface area contributed by atoms with Crippen molar-refractivity contribution in [3.05, 3.63) is 175 Å². The number of hydrogen-bond donors (Lipinski definition) is 0. The molecule has 0 saturated carbocycles.